The molecule has 140 valence electrons. The average Bonchev–Trinajstić information content (AvgIpc) is 3.17. The fourth-order valence-electron chi connectivity index (χ4n) is 3.46. The van der Waals surface area contributed by atoms with Gasteiger partial charge in [-0.05, 0) is 29.8 Å². The SMILES string of the molecule is O=C(N1CCN(c2ccccn2)CC1)N1N=CC[C@H]1c1cc(F)cc(F)c1. The zero-order valence-electron chi connectivity index (χ0n) is 14.6. The highest BCUT2D eigenvalue weighted by Crippen LogP contribution is 2.30. The van der Waals surface area contributed by atoms with Crippen LogP contribution in [0.25, 0.3) is 0 Å². The lowest BCUT2D eigenvalue weighted by Crippen LogP contribution is -2.52. The van der Waals surface area contributed by atoms with E-state index in [2.05, 4.69) is 15.0 Å². The Hall–Kier alpha value is -3.03. The summed E-state index contributed by atoms with van der Waals surface area (Å²) in [7, 11) is 0. The smallest absolute Gasteiger partial charge is 0.341 e. The second kappa shape index (κ2) is 7.30. The molecule has 0 saturated carbocycles. The molecular weight excluding hydrogens is 352 g/mol. The normalized spacial score (nSPS) is 19.6. The maximum absolute atomic E-state index is 13.6. The molecule has 3 heterocycles. The Morgan fingerprint density at radius 2 is 1.78 bits per heavy atom. The van der Waals surface area contributed by atoms with E-state index >= 15 is 0 Å². The van der Waals surface area contributed by atoms with Crippen molar-refractivity contribution in [3.05, 3.63) is 59.8 Å². The predicted molar refractivity (Wildman–Crippen MR) is 97.5 cm³/mol. The van der Waals surface area contributed by atoms with Crippen molar-refractivity contribution in [2.24, 2.45) is 5.10 Å². The van der Waals surface area contributed by atoms with E-state index in [0.717, 1.165) is 11.9 Å². The number of piperazine rings is 1. The third kappa shape index (κ3) is 3.60. The van der Waals surface area contributed by atoms with E-state index < -0.39 is 17.7 Å². The number of halogens is 2. The van der Waals surface area contributed by atoms with Crippen molar-refractivity contribution in [1.29, 1.82) is 0 Å². The minimum Gasteiger partial charge on any atom is -0.353 e. The molecule has 6 nitrogen and oxygen atoms in total. The lowest BCUT2D eigenvalue weighted by atomic mass is 10.0. The van der Waals surface area contributed by atoms with Crippen LogP contribution in [0, 0.1) is 11.6 Å². The highest BCUT2D eigenvalue weighted by atomic mass is 19.1. The number of amides is 2. The van der Waals surface area contributed by atoms with E-state index in [1.165, 1.54) is 17.1 Å². The Morgan fingerprint density at radius 3 is 2.44 bits per heavy atom. The second-order valence-electron chi connectivity index (χ2n) is 6.54. The van der Waals surface area contributed by atoms with Crippen LogP contribution < -0.4 is 4.90 Å². The summed E-state index contributed by atoms with van der Waals surface area (Å²) in [6, 6.07) is 8.32. The summed E-state index contributed by atoms with van der Waals surface area (Å²) in [5.74, 6) is -0.432. The van der Waals surface area contributed by atoms with Crippen molar-refractivity contribution in [3.8, 4) is 0 Å². The molecule has 1 saturated heterocycles. The number of anilines is 1. The van der Waals surface area contributed by atoms with Gasteiger partial charge in [-0.3, -0.25) is 0 Å². The largest absolute Gasteiger partial charge is 0.353 e. The third-order valence-corrected chi connectivity index (χ3v) is 4.82. The molecule has 2 aliphatic rings. The molecule has 2 aliphatic heterocycles. The fourth-order valence-corrected chi connectivity index (χ4v) is 3.46. The first-order valence-corrected chi connectivity index (χ1v) is 8.84. The Bertz CT molecular complexity index is 832. The fraction of sp³-hybridized carbons (Fsp3) is 0.316. The zero-order valence-corrected chi connectivity index (χ0v) is 14.6. The molecule has 1 atom stereocenters. The number of aromatic nitrogens is 1. The molecule has 1 aromatic heterocycles. The van der Waals surface area contributed by atoms with Crippen LogP contribution in [0.15, 0.2) is 47.7 Å². The summed E-state index contributed by atoms with van der Waals surface area (Å²) in [5.41, 5.74) is 0.408. The molecule has 2 amide bonds. The lowest BCUT2D eigenvalue weighted by molar-refractivity contribution is 0.139. The van der Waals surface area contributed by atoms with Gasteiger partial charge in [0, 0.05) is 51.1 Å². The predicted octanol–water partition coefficient (Wildman–Crippen LogP) is 3.03. The molecule has 0 bridgehead atoms. The summed E-state index contributed by atoms with van der Waals surface area (Å²) < 4.78 is 27.1. The van der Waals surface area contributed by atoms with E-state index in [1.807, 2.05) is 18.2 Å². The maximum atomic E-state index is 13.6. The molecule has 0 unspecified atom stereocenters. The molecule has 0 radical (unpaired) electrons. The van der Waals surface area contributed by atoms with Gasteiger partial charge in [0.15, 0.2) is 0 Å². The average molecular weight is 371 g/mol. The number of carbonyl (C=O) groups is 1. The highest BCUT2D eigenvalue weighted by molar-refractivity contribution is 5.78. The van der Waals surface area contributed by atoms with E-state index in [-0.39, 0.29) is 6.03 Å². The van der Waals surface area contributed by atoms with Crippen LogP contribution in [0.3, 0.4) is 0 Å². The molecule has 4 rings (SSSR count). The second-order valence-corrected chi connectivity index (χ2v) is 6.54. The number of benzene rings is 1. The van der Waals surface area contributed by atoms with Gasteiger partial charge in [-0.2, -0.15) is 5.10 Å². The molecule has 27 heavy (non-hydrogen) atoms. The number of carbonyl (C=O) groups excluding carboxylic acids is 1. The number of rotatable bonds is 2. The van der Waals surface area contributed by atoms with Gasteiger partial charge in [0.25, 0.3) is 0 Å². The molecule has 1 fully saturated rings. The first-order valence-electron chi connectivity index (χ1n) is 8.84. The summed E-state index contributed by atoms with van der Waals surface area (Å²) in [6.07, 6.45) is 3.78. The summed E-state index contributed by atoms with van der Waals surface area (Å²) in [5, 5.41) is 5.48. The Morgan fingerprint density at radius 1 is 1.04 bits per heavy atom. The topological polar surface area (TPSA) is 52.0 Å². The van der Waals surface area contributed by atoms with Crippen LogP contribution in [0.4, 0.5) is 19.4 Å². The van der Waals surface area contributed by atoms with Crippen LogP contribution in [-0.2, 0) is 0 Å². The van der Waals surface area contributed by atoms with Crippen LogP contribution in [0.5, 0.6) is 0 Å². The first-order chi connectivity index (χ1) is 13.1. The van der Waals surface area contributed by atoms with Crippen LogP contribution in [-0.4, -0.2) is 53.3 Å². The number of nitrogens with zero attached hydrogens (tertiary/aromatic N) is 5. The van der Waals surface area contributed by atoms with Crippen LogP contribution in [0.2, 0.25) is 0 Å². The third-order valence-electron chi connectivity index (χ3n) is 4.82. The van der Waals surface area contributed by atoms with Gasteiger partial charge in [-0.1, -0.05) is 6.07 Å². The standard InChI is InChI=1S/C19H19F2N5O/c20-15-11-14(12-16(21)13-15)17-4-6-23-26(17)19(27)25-9-7-24(8-10-25)18-3-1-2-5-22-18/h1-3,5-6,11-13,17H,4,7-10H2/t17-/m0/s1. The summed E-state index contributed by atoms with van der Waals surface area (Å²) >= 11 is 0. The van der Waals surface area contributed by atoms with Crippen molar-refractivity contribution in [3.63, 3.8) is 0 Å². The van der Waals surface area contributed by atoms with Gasteiger partial charge in [0.05, 0.1) is 6.04 Å². The first kappa shape index (κ1) is 17.4. The maximum Gasteiger partial charge on any atom is 0.341 e. The minimum atomic E-state index is -0.659. The van der Waals surface area contributed by atoms with Gasteiger partial charge in [-0.15, -0.1) is 0 Å². The van der Waals surface area contributed by atoms with Crippen molar-refractivity contribution in [2.45, 2.75) is 12.5 Å². The van der Waals surface area contributed by atoms with Crippen molar-refractivity contribution in [1.82, 2.24) is 14.9 Å². The van der Waals surface area contributed by atoms with Crippen molar-refractivity contribution >= 4 is 18.1 Å². The van der Waals surface area contributed by atoms with Gasteiger partial charge < -0.3 is 9.80 Å². The zero-order chi connectivity index (χ0) is 18.8. The number of pyridine rings is 1. The van der Waals surface area contributed by atoms with Crippen LogP contribution in [0.1, 0.15) is 18.0 Å². The molecule has 1 aromatic carbocycles. The number of urea groups is 1. The summed E-state index contributed by atoms with van der Waals surface area (Å²) in [4.78, 5) is 21.1. The number of hydrazone groups is 1. The van der Waals surface area contributed by atoms with Gasteiger partial charge in [0.2, 0.25) is 0 Å². The molecule has 0 spiro atoms. The monoisotopic (exact) mass is 371 g/mol. The minimum absolute atomic E-state index is 0.251. The molecule has 0 aliphatic carbocycles. The van der Waals surface area contributed by atoms with E-state index in [4.69, 9.17) is 0 Å². The highest BCUT2D eigenvalue weighted by Gasteiger charge is 2.33. The lowest BCUT2D eigenvalue weighted by Gasteiger charge is -2.37. The van der Waals surface area contributed by atoms with E-state index in [9.17, 15) is 13.6 Å². The quantitative estimate of drug-likeness (QED) is 0.815. The molecule has 0 N–H and O–H groups in total. The van der Waals surface area contributed by atoms with E-state index in [0.29, 0.717) is 38.2 Å². The van der Waals surface area contributed by atoms with E-state index in [1.54, 1.807) is 17.3 Å². The Balaban J connectivity index is 1.44. The molecule has 2 aromatic rings. The molecule has 8 heteroatoms. The van der Waals surface area contributed by atoms with Gasteiger partial charge in [-0.25, -0.2) is 23.6 Å². The molecular formula is C19H19F2N5O. The van der Waals surface area contributed by atoms with Crippen molar-refractivity contribution < 1.29 is 13.6 Å². The van der Waals surface area contributed by atoms with Crippen LogP contribution >= 0.6 is 0 Å². The summed E-state index contributed by atoms with van der Waals surface area (Å²) in [6.45, 7) is 2.40. The Labute approximate surface area is 155 Å². The number of hydrogen-bond acceptors (Lipinski definition) is 4. The van der Waals surface area contributed by atoms with Gasteiger partial charge >= 0.3 is 6.03 Å². The van der Waals surface area contributed by atoms with Crippen molar-refractivity contribution in [2.75, 3.05) is 31.1 Å². The Kier molecular flexibility index (Phi) is 4.70. The van der Waals surface area contributed by atoms with Gasteiger partial charge in [0.1, 0.15) is 17.5 Å². The number of hydrogen-bond donors (Lipinski definition) is 0.